The van der Waals surface area contributed by atoms with E-state index in [0.29, 0.717) is 13.1 Å². The molecular formula is C21H29FN2O5S. The van der Waals surface area contributed by atoms with Gasteiger partial charge in [-0.15, -0.1) is 0 Å². The molecule has 9 heteroatoms. The molecule has 0 radical (unpaired) electrons. The van der Waals surface area contributed by atoms with Crippen molar-refractivity contribution < 1.29 is 27.1 Å². The number of likely N-dealkylation sites (tertiary alicyclic amines) is 1. The summed E-state index contributed by atoms with van der Waals surface area (Å²) in [6, 6.07) is 5.26. The number of piperidine rings is 1. The Morgan fingerprint density at radius 1 is 1.03 bits per heavy atom. The summed E-state index contributed by atoms with van der Waals surface area (Å²) in [6.07, 6.45) is 3.83. The minimum absolute atomic E-state index is 0.102. The van der Waals surface area contributed by atoms with Gasteiger partial charge >= 0.3 is 5.97 Å². The molecule has 2 aliphatic heterocycles. The van der Waals surface area contributed by atoms with Crippen LogP contribution >= 0.6 is 0 Å². The first-order valence-electron chi connectivity index (χ1n) is 10.5. The van der Waals surface area contributed by atoms with Gasteiger partial charge in [-0.2, -0.15) is 4.31 Å². The maximum Gasteiger partial charge on any atom is 0.309 e. The molecule has 30 heavy (non-hydrogen) atoms. The number of halogens is 1. The number of hydrogen-bond donors (Lipinski definition) is 0. The molecule has 1 aromatic carbocycles. The lowest BCUT2D eigenvalue weighted by Crippen LogP contribution is -2.43. The van der Waals surface area contributed by atoms with Crippen LogP contribution in [0.1, 0.15) is 45.4 Å². The largest absolute Gasteiger partial charge is 0.452 e. The number of hydrogen-bond acceptors (Lipinski definition) is 5. The molecule has 1 atom stereocenters. The van der Waals surface area contributed by atoms with Gasteiger partial charge in [0.2, 0.25) is 10.0 Å². The number of carbonyl (C=O) groups is 2. The fourth-order valence-corrected chi connectivity index (χ4v) is 5.53. The standard InChI is InChI=1S/C21H29FN2O5S/c1-16(20(25)23-12-6-2-3-7-13-23)29-21(26)17-10-14-24(15-11-17)30(27,28)19-9-5-4-8-18(19)22/h4-5,8-9,16-17H,2-3,6-7,10-15H2,1H3. The van der Waals surface area contributed by atoms with Crippen molar-refractivity contribution >= 4 is 21.9 Å². The molecule has 2 heterocycles. The number of ether oxygens (including phenoxy) is 1. The minimum Gasteiger partial charge on any atom is -0.452 e. The molecule has 1 amide bonds. The third kappa shape index (κ3) is 5.18. The summed E-state index contributed by atoms with van der Waals surface area (Å²) in [5.41, 5.74) is 0. The molecule has 3 rings (SSSR count). The molecule has 0 saturated carbocycles. The van der Waals surface area contributed by atoms with Gasteiger partial charge in [0.1, 0.15) is 10.7 Å². The molecule has 2 aliphatic rings. The highest BCUT2D eigenvalue weighted by Crippen LogP contribution is 2.26. The van der Waals surface area contributed by atoms with Crippen molar-refractivity contribution in [3.8, 4) is 0 Å². The summed E-state index contributed by atoms with van der Waals surface area (Å²) in [6.45, 7) is 3.17. The normalized spacial score (nSPS) is 20.4. The molecule has 0 bridgehead atoms. The van der Waals surface area contributed by atoms with E-state index in [9.17, 15) is 22.4 Å². The zero-order valence-electron chi connectivity index (χ0n) is 17.3. The molecule has 2 saturated heterocycles. The van der Waals surface area contributed by atoms with Crippen molar-refractivity contribution in [2.75, 3.05) is 26.2 Å². The fraction of sp³-hybridized carbons (Fsp3) is 0.619. The molecule has 2 fully saturated rings. The smallest absolute Gasteiger partial charge is 0.309 e. The van der Waals surface area contributed by atoms with Crippen LogP contribution in [0.3, 0.4) is 0 Å². The molecule has 0 aromatic heterocycles. The predicted molar refractivity (Wildman–Crippen MR) is 108 cm³/mol. The van der Waals surface area contributed by atoms with Crippen LogP contribution < -0.4 is 0 Å². The number of rotatable bonds is 5. The van der Waals surface area contributed by atoms with Gasteiger partial charge in [-0.1, -0.05) is 25.0 Å². The Bertz CT molecular complexity index is 860. The molecule has 7 nitrogen and oxygen atoms in total. The maximum absolute atomic E-state index is 13.9. The quantitative estimate of drug-likeness (QED) is 0.657. The van der Waals surface area contributed by atoms with Crippen molar-refractivity contribution in [1.82, 2.24) is 9.21 Å². The highest BCUT2D eigenvalue weighted by molar-refractivity contribution is 7.89. The number of esters is 1. The zero-order valence-corrected chi connectivity index (χ0v) is 18.1. The van der Waals surface area contributed by atoms with Crippen LogP contribution in [0.25, 0.3) is 0 Å². The van der Waals surface area contributed by atoms with E-state index in [1.165, 1.54) is 22.5 Å². The Labute approximate surface area is 177 Å². The van der Waals surface area contributed by atoms with Crippen molar-refractivity contribution in [3.63, 3.8) is 0 Å². The molecule has 166 valence electrons. The van der Waals surface area contributed by atoms with Crippen molar-refractivity contribution in [2.24, 2.45) is 5.92 Å². The molecular weight excluding hydrogens is 411 g/mol. The minimum atomic E-state index is -3.95. The average Bonchev–Trinajstić information content (AvgIpc) is 3.03. The van der Waals surface area contributed by atoms with E-state index in [2.05, 4.69) is 0 Å². The predicted octanol–water partition coefficient (Wildman–Crippen LogP) is 2.56. The van der Waals surface area contributed by atoms with E-state index in [0.717, 1.165) is 31.7 Å². The van der Waals surface area contributed by atoms with Gasteiger partial charge in [0.15, 0.2) is 6.10 Å². The molecule has 0 N–H and O–H groups in total. The lowest BCUT2D eigenvalue weighted by Gasteiger charge is -2.31. The summed E-state index contributed by atoms with van der Waals surface area (Å²) >= 11 is 0. The first-order chi connectivity index (χ1) is 14.3. The second-order valence-electron chi connectivity index (χ2n) is 7.93. The van der Waals surface area contributed by atoms with E-state index >= 15 is 0 Å². The number of sulfonamides is 1. The summed E-state index contributed by atoms with van der Waals surface area (Å²) in [7, 11) is -3.95. The van der Waals surface area contributed by atoms with Gasteiger partial charge in [0.05, 0.1) is 5.92 Å². The van der Waals surface area contributed by atoms with Crippen LogP contribution in [0.5, 0.6) is 0 Å². The van der Waals surface area contributed by atoms with Crippen molar-refractivity contribution in [1.29, 1.82) is 0 Å². The van der Waals surface area contributed by atoms with E-state index in [-0.39, 0.29) is 36.7 Å². The van der Waals surface area contributed by atoms with Crippen molar-refractivity contribution in [3.05, 3.63) is 30.1 Å². The van der Waals surface area contributed by atoms with E-state index < -0.39 is 33.8 Å². The lowest BCUT2D eigenvalue weighted by atomic mass is 9.98. The monoisotopic (exact) mass is 440 g/mol. The topological polar surface area (TPSA) is 84.0 Å². The van der Waals surface area contributed by atoms with Gasteiger partial charge in [-0.05, 0) is 44.7 Å². The van der Waals surface area contributed by atoms with Gasteiger partial charge < -0.3 is 9.64 Å². The molecule has 0 spiro atoms. The van der Waals surface area contributed by atoms with Crippen LogP contribution in [0.4, 0.5) is 4.39 Å². The van der Waals surface area contributed by atoms with E-state index in [1.807, 2.05) is 0 Å². The lowest BCUT2D eigenvalue weighted by molar-refractivity contribution is -0.163. The van der Waals surface area contributed by atoms with Crippen LogP contribution in [0.15, 0.2) is 29.2 Å². The number of benzene rings is 1. The van der Waals surface area contributed by atoms with Crippen LogP contribution in [0, 0.1) is 11.7 Å². The maximum atomic E-state index is 13.9. The second-order valence-corrected chi connectivity index (χ2v) is 9.83. The summed E-state index contributed by atoms with van der Waals surface area (Å²) in [5, 5.41) is 0. The van der Waals surface area contributed by atoms with Gasteiger partial charge in [-0.25, -0.2) is 12.8 Å². The SMILES string of the molecule is CC(OC(=O)C1CCN(S(=O)(=O)c2ccccc2F)CC1)C(=O)N1CCCCCC1. The van der Waals surface area contributed by atoms with Gasteiger partial charge in [0, 0.05) is 26.2 Å². The second kappa shape index (κ2) is 9.87. The Kier molecular flexibility index (Phi) is 7.46. The first-order valence-corrected chi connectivity index (χ1v) is 12.0. The van der Waals surface area contributed by atoms with Gasteiger partial charge in [-0.3, -0.25) is 9.59 Å². The summed E-state index contributed by atoms with van der Waals surface area (Å²) < 4.78 is 45.9. The van der Waals surface area contributed by atoms with Crippen LogP contribution in [-0.4, -0.2) is 61.8 Å². The van der Waals surface area contributed by atoms with Crippen LogP contribution in [0.2, 0.25) is 0 Å². The molecule has 1 unspecified atom stereocenters. The Hall–Kier alpha value is -2.00. The average molecular weight is 441 g/mol. The zero-order chi connectivity index (χ0) is 21.7. The van der Waals surface area contributed by atoms with Crippen molar-refractivity contribution in [2.45, 2.75) is 56.4 Å². The fourth-order valence-electron chi connectivity index (χ4n) is 3.99. The number of nitrogens with zero attached hydrogens (tertiary/aromatic N) is 2. The number of carbonyl (C=O) groups excluding carboxylic acids is 2. The molecule has 0 aliphatic carbocycles. The Morgan fingerprint density at radius 2 is 1.63 bits per heavy atom. The first kappa shape index (κ1) is 22.7. The van der Waals surface area contributed by atoms with E-state index in [1.54, 1.807) is 11.8 Å². The molecule has 1 aromatic rings. The van der Waals surface area contributed by atoms with E-state index in [4.69, 9.17) is 4.74 Å². The summed E-state index contributed by atoms with van der Waals surface area (Å²) in [4.78, 5) is 26.5. The Morgan fingerprint density at radius 3 is 2.23 bits per heavy atom. The third-order valence-corrected chi connectivity index (χ3v) is 7.73. The number of amides is 1. The summed E-state index contributed by atoms with van der Waals surface area (Å²) in [5.74, 6) is -1.92. The highest BCUT2D eigenvalue weighted by atomic mass is 32.2. The van der Waals surface area contributed by atoms with Gasteiger partial charge in [0.25, 0.3) is 5.91 Å². The van der Waals surface area contributed by atoms with Crippen LogP contribution in [-0.2, 0) is 24.3 Å². The third-order valence-electron chi connectivity index (χ3n) is 5.80. The Balaban J connectivity index is 1.53. The highest BCUT2D eigenvalue weighted by Gasteiger charge is 2.35.